The summed E-state index contributed by atoms with van der Waals surface area (Å²) in [4.78, 5) is 26.0. The maximum Gasteiger partial charge on any atom is 0.341 e. The van der Waals surface area contributed by atoms with Crippen molar-refractivity contribution in [3.05, 3.63) is 51.2 Å². The average molecular weight is 503 g/mol. The van der Waals surface area contributed by atoms with Crippen LogP contribution in [0.2, 0.25) is 0 Å². The Kier molecular flexibility index (Phi) is 8.73. The van der Waals surface area contributed by atoms with Crippen LogP contribution in [0.1, 0.15) is 51.6 Å². The smallest absolute Gasteiger partial charge is 0.341 e. The molecular formula is C24H30N4O4S2. The highest BCUT2D eigenvalue weighted by molar-refractivity contribution is 7.99. The van der Waals surface area contributed by atoms with Crippen LogP contribution in [0, 0.1) is 27.7 Å². The van der Waals surface area contributed by atoms with Crippen LogP contribution in [0.15, 0.2) is 23.4 Å². The van der Waals surface area contributed by atoms with E-state index >= 15 is 0 Å². The first-order valence-electron chi connectivity index (χ1n) is 11.1. The minimum Gasteiger partial charge on any atom is -0.486 e. The van der Waals surface area contributed by atoms with Crippen LogP contribution in [0.5, 0.6) is 5.75 Å². The number of thiophene rings is 1. The molecule has 0 saturated carbocycles. The highest BCUT2D eigenvalue weighted by Gasteiger charge is 2.22. The number of benzene rings is 1. The van der Waals surface area contributed by atoms with Crippen LogP contribution >= 0.6 is 23.1 Å². The van der Waals surface area contributed by atoms with Crippen molar-refractivity contribution < 1.29 is 19.1 Å². The molecule has 10 heteroatoms. The number of carbonyl (C=O) groups is 2. The molecule has 0 aliphatic rings. The number of nitrogens with zero attached hydrogens (tertiary/aromatic N) is 3. The van der Waals surface area contributed by atoms with Gasteiger partial charge < -0.3 is 19.4 Å². The van der Waals surface area contributed by atoms with E-state index in [0.29, 0.717) is 28.1 Å². The van der Waals surface area contributed by atoms with Crippen LogP contribution in [0.3, 0.4) is 0 Å². The summed E-state index contributed by atoms with van der Waals surface area (Å²) in [5.41, 5.74) is 3.62. The molecule has 0 spiro atoms. The standard InChI is InChI=1S/C24H30N4O4S2/c1-7-28-19(12-32-18-10-9-14(3)15(4)11-18)26-27-24(28)33-13-20(29)25-22-21(23(30)31-8-2)16(5)17(6)34-22/h9-11H,7-8,12-13H2,1-6H3,(H,25,29). The zero-order valence-corrected chi connectivity index (χ0v) is 22.0. The van der Waals surface area contributed by atoms with Crippen molar-refractivity contribution in [2.75, 3.05) is 17.7 Å². The van der Waals surface area contributed by atoms with Gasteiger partial charge in [-0.1, -0.05) is 17.8 Å². The number of esters is 1. The first-order valence-corrected chi connectivity index (χ1v) is 12.9. The van der Waals surface area contributed by atoms with Crippen LogP contribution in [0.25, 0.3) is 0 Å². The zero-order chi connectivity index (χ0) is 24.8. The molecule has 8 nitrogen and oxygen atoms in total. The molecule has 3 aromatic rings. The molecule has 182 valence electrons. The minimum atomic E-state index is -0.425. The Morgan fingerprint density at radius 3 is 2.56 bits per heavy atom. The highest BCUT2D eigenvalue weighted by Crippen LogP contribution is 2.33. The number of nitrogens with one attached hydrogen (secondary N) is 1. The van der Waals surface area contributed by atoms with Crippen LogP contribution in [-0.4, -0.2) is 39.0 Å². The minimum absolute atomic E-state index is 0.133. The van der Waals surface area contributed by atoms with Gasteiger partial charge in [0.05, 0.1) is 17.9 Å². The van der Waals surface area contributed by atoms with Gasteiger partial charge in [-0.3, -0.25) is 4.79 Å². The number of ether oxygens (including phenoxy) is 2. The molecule has 1 aromatic carbocycles. The van der Waals surface area contributed by atoms with E-state index in [4.69, 9.17) is 9.47 Å². The van der Waals surface area contributed by atoms with Gasteiger partial charge in [0.1, 0.15) is 17.4 Å². The Bertz CT molecular complexity index is 1190. The molecule has 2 aromatic heterocycles. The van der Waals surface area contributed by atoms with E-state index in [9.17, 15) is 9.59 Å². The lowest BCUT2D eigenvalue weighted by molar-refractivity contribution is -0.113. The van der Waals surface area contributed by atoms with Gasteiger partial charge in [0, 0.05) is 11.4 Å². The van der Waals surface area contributed by atoms with Crippen molar-refractivity contribution in [1.29, 1.82) is 0 Å². The molecule has 0 unspecified atom stereocenters. The molecule has 0 fully saturated rings. The lowest BCUT2D eigenvalue weighted by Gasteiger charge is -2.10. The fourth-order valence-electron chi connectivity index (χ4n) is 3.26. The molecule has 0 radical (unpaired) electrons. The Labute approximate surface area is 208 Å². The maximum absolute atomic E-state index is 12.7. The number of aryl methyl sites for hydroxylation is 3. The number of anilines is 1. The lowest BCUT2D eigenvalue weighted by atomic mass is 10.1. The second-order valence-electron chi connectivity index (χ2n) is 7.72. The number of hydrogen-bond acceptors (Lipinski definition) is 8. The Hall–Kier alpha value is -2.85. The first-order chi connectivity index (χ1) is 16.2. The number of carbonyl (C=O) groups excluding carboxylic acids is 2. The molecule has 0 saturated heterocycles. The fourth-order valence-corrected chi connectivity index (χ4v) is 5.14. The monoisotopic (exact) mass is 502 g/mol. The first kappa shape index (κ1) is 25.8. The maximum atomic E-state index is 12.7. The van der Waals surface area contributed by atoms with Gasteiger partial charge in [-0.15, -0.1) is 21.5 Å². The molecular weight excluding hydrogens is 472 g/mol. The van der Waals surface area contributed by atoms with Crippen molar-refractivity contribution in [1.82, 2.24) is 14.8 Å². The largest absolute Gasteiger partial charge is 0.486 e. The SMILES string of the molecule is CCOC(=O)c1c(NC(=O)CSc2nnc(COc3ccc(C)c(C)c3)n2CC)sc(C)c1C. The van der Waals surface area contributed by atoms with E-state index in [1.807, 2.05) is 50.5 Å². The van der Waals surface area contributed by atoms with Gasteiger partial charge in [-0.2, -0.15) is 0 Å². The number of aromatic nitrogens is 3. The molecule has 0 aliphatic carbocycles. The normalized spacial score (nSPS) is 10.9. The van der Waals surface area contributed by atoms with Gasteiger partial charge in [-0.25, -0.2) is 4.79 Å². The number of rotatable bonds is 10. The number of amides is 1. The highest BCUT2D eigenvalue weighted by atomic mass is 32.2. The van der Waals surface area contributed by atoms with E-state index in [1.165, 1.54) is 34.2 Å². The molecule has 0 aliphatic heterocycles. The third-order valence-corrected chi connectivity index (χ3v) is 7.50. The van der Waals surface area contributed by atoms with E-state index in [-0.39, 0.29) is 24.9 Å². The Balaban J connectivity index is 1.63. The number of thioether (sulfide) groups is 1. The summed E-state index contributed by atoms with van der Waals surface area (Å²) in [6.07, 6.45) is 0. The van der Waals surface area contributed by atoms with E-state index in [1.54, 1.807) is 6.92 Å². The molecule has 1 amide bonds. The fraction of sp³-hybridized carbons (Fsp3) is 0.417. The van der Waals surface area contributed by atoms with Crippen molar-refractivity contribution in [2.45, 2.75) is 59.9 Å². The molecule has 1 N–H and O–H groups in total. The van der Waals surface area contributed by atoms with Crippen molar-refractivity contribution in [3.63, 3.8) is 0 Å². The van der Waals surface area contributed by atoms with E-state index in [2.05, 4.69) is 22.4 Å². The summed E-state index contributed by atoms with van der Waals surface area (Å²) >= 11 is 2.66. The Morgan fingerprint density at radius 2 is 1.88 bits per heavy atom. The third kappa shape index (κ3) is 5.98. The van der Waals surface area contributed by atoms with Crippen LogP contribution in [0.4, 0.5) is 5.00 Å². The number of hydrogen-bond donors (Lipinski definition) is 1. The van der Waals surface area contributed by atoms with E-state index in [0.717, 1.165) is 16.2 Å². The second-order valence-corrected chi connectivity index (χ2v) is 9.89. The summed E-state index contributed by atoms with van der Waals surface area (Å²) in [5.74, 6) is 0.954. The molecule has 3 rings (SSSR count). The second kappa shape index (κ2) is 11.5. The molecule has 34 heavy (non-hydrogen) atoms. The van der Waals surface area contributed by atoms with Crippen LogP contribution < -0.4 is 10.1 Å². The summed E-state index contributed by atoms with van der Waals surface area (Å²) in [7, 11) is 0. The predicted octanol–water partition coefficient (Wildman–Crippen LogP) is 5.08. The van der Waals surface area contributed by atoms with Gasteiger partial charge in [0.2, 0.25) is 5.91 Å². The quantitative estimate of drug-likeness (QED) is 0.305. The van der Waals surface area contributed by atoms with Gasteiger partial charge >= 0.3 is 5.97 Å². The van der Waals surface area contributed by atoms with Crippen molar-refractivity contribution >= 4 is 40.0 Å². The van der Waals surface area contributed by atoms with Gasteiger partial charge in [0.15, 0.2) is 11.0 Å². The topological polar surface area (TPSA) is 95.3 Å². The third-order valence-electron chi connectivity index (χ3n) is 5.41. The van der Waals surface area contributed by atoms with Crippen molar-refractivity contribution in [2.24, 2.45) is 0 Å². The Morgan fingerprint density at radius 1 is 1.12 bits per heavy atom. The summed E-state index contributed by atoms with van der Waals surface area (Å²) in [5, 5.41) is 12.5. The predicted molar refractivity (Wildman–Crippen MR) is 135 cm³/mol. The summed E-state index contributed by atoms with van der Waals surface area (Å²) in [6, 6.07) is 5.97. The lowest BCUT2D eigenvalue weighted by Crippen LogP contribution is -2.17. The van der Waals surface area contributed by atoms with Gasteiger partial charge in [-0.05, 0) is 70.4 Å². The van der Waals surface area contributed by atoms with Crippen molar-refractivity contribution in [3.8, 4) is 5.75 Å². The van der Waals surface area contributed by atoms with Crippen LogP contribution in [-0.2, 0) is 22.7 Å². The zero-order valence-electron chi connectivity index (χ0n) is 20.4. The molecule has 0 bridgehead atoms. The summed E-state index contributed by atoms with van der Waals surface area (Å²) < 4.78 is 13.0. The van der Waals surface area contributed by atoms with E-state index < -0.39 is 5.97 Å². The average Bonchev–Trinajstić information content (AvgIpc) is 3.32. The van der Waals surface area contributed by atoms with Gasteiger partial charge in [0.25, 0.3) is 0 Å². The molecule has 0 atom stereocenters. The molecule has 2 heterocycles. The summed E-state index contributed by atoms with van der Waals surface area (Å²) in [6.45, 7) is 12.8.